The van der Waals surface area contributed by atoms with Gasteiger partial charge < -0.3 is 10.2 Å². The molecule has 158 valence electrons. The van der Waals surface area contributed by atoms with E-state index in [9.17, 15) is 26.7 Å². The van der Waals surface area contributed by atoms with Crippen molar-refractivity contribution in [3.05, 3.63) is 29.7 Å². The van der Waals surface area contributed by atoms with Gasteiger partial charge in [0.15, 0.2) is 5.65 Å². The molecule has 1 saturated heterocycles. The Labute approximate surface area is 163 Å². The molecular weight excluding hydrogens is 397 g/mol. The van der Waals surface area contributed by atoms with E-state index in [-0.39, 0.29) is 25.3 Å². The van der Waals surface area contributed by atoms with Crippen LogP contribution in [0, 0.1) is 5.92 Å². The summed E-state index contributed by atoms with van der Waals surface area (Å²) in [5, 5.41) is 6.13. The molecule has 3 heterocycles. The van der Waals surface area contributed by atoms with Gasteiger partial charge in [-0.3, -0.25) is 0 Å². The van der Waals surface area contributed by atoms with Crippen LogP contribution >= 0.6 is 0 Å². The fourth-order valence-electron chi connectivity index (χ4n) is 3.88. The largest absolute Gasteiger partial charge is 0.410 e. The van der Waals surface area contributed by atoms with Crippen LogP contribution in [0.5, 0.6) is 0 Å². The molecule has 29 heavy (non-hydrogen) atoms. The van der Waals surface area contributed by atoms with Gasteiger partial charge in [0.25, 0.3) is 0 Å². The maximum absolute atomic E-state index is 13.3. The van der Waals surface area contributed by atoms with Crippen molar-refractivity contribution in [1.29, 1.82) is 0 Å². The second-order valence-electron chi connectivity index (χ2n) is 7.83. The Morgan fingerprint density at radius 1 is 1.24 bits per heavy atom. The predicted octanol–water partition coefficient (Wildman–Crippen LogP) is 3.55. The van der Waals surface area contributed by atoms with E-state index < -0.39 is 30.7 Å². The summed E-state index contributed by atoms with van der Waals surface area (Å²) < 4.78 is 66.5. The summed E-state index contributed by atoms with van der Waals surface area (Å²) >= 11 is 0. The van der Waals surface area contributed by atoms with Crippen molar-refractivity contribution in [1.82, 2.24) is 24.8 Å². The van der Waals surface area contributed by atoms with E-state index in [0.717, 1.165) is 10.6 Å². The molecule has 2 aliphatic rings. The number of amides is 2. The maximum Gasteiger partial charge on any atom is 0.410 e. The summed E-state index contributed by atoms with van der Waals surface area (Å²) in [6.45, 7) is -0.471. The maximum atomic E-state index is 13.3. The zero-order valence-corrected chi connectivity index (χ0v) is 15.4. The molecule has 4 rings (SSSR count). The number of halogens is 5. The number of carbonyl (C=O) groups excluding carboxylic acids is 1. The molecule has 1 atom stereocenters. The molecule has 2 amide bonds. The van der Waals surface area contributed by atoms with Crippen LogP contribution in [0.15, 0.2) is 18.5 Å². The van der Waals surface area contributed by atoms with Gasteiger partial charge in [0.05, 0.1) is 24.6 Å². The molecule has 0 aromatic carbocycles. The van der Waals surface area contributed by atoms with Crippen LogP contribution in [-0.2, 0) is 13.0 Å². The average Bonchev–Trinajstić information content (AvgIpc) is 3.19. The summed E-state index contributed by atoms with van der Waals surface area (Å²) in [5.74, 6) is -2.43. The normalized spacial score (nSPS) is 23.0. The summed E-state index contributed by atoms with van der Waals surface area (Å²) in [5.41, 5.74) is 1.80. The summed E-state index contributed by atoms with van der Waals surface area (Å²) in [7, 11) is 0. The first-order chi connectivity index (χ1) is 13.6. The van der Waals surface area contributed by atoms with Crippen LogP contribution in [0.1, 0.15) is 36.9 Å². The SMILES string of the molecule is O=C1N[C@H](C(F)(F)F)CN1Cc1cnn2cc(CC3CCC(F)(F)CC3)nc2c1. The van der Waals surface area contributed by atoms with Crippen LogP contribution in [0.4, 0.5) is 26.7 Å². The first-order valence-corrected chi connectivity index (χ1v) is 9.42. The van der Waals surface area contributed by atoms with Gasteiger partial charge in [0.2, 0.25) is 5.92 Å². The van der Waals surface area contributed by atoms with Crippen molar-refractivity contribution < 1.29 is 26.7 Å². The number of fused-ring (bicyclic) bond motifs is 1. The number of imidazole rings is 1. The fraction of sp³-hybridized carbons (Fsp3) is 0.611. The van der Waals surface area contributed by atoms with Gasteiger partial charge in [-0.05, 0) is 36.8 Å². The molecule has 2 aromatic rings. The van der Waals surface area contributed by atoms with Crippen molar-refractivity contribution in [2.45, 2.75) is 56.8 Å². The summed E-state index contributed by atoms with van der Waals surface area (Å²) in [6.07, 6.45) is -0.0192. The Morgan fingerprint density at radius 2 is 1.97 bits per heavy atom. The number of hydrogen-bond acceptors (Lipinski definition) is 3. The number of urea groups is 1. The first-order valence-electron chi connectivity index (χ1n) is 9.42. The van der Waals surface area contributed by atoms with E-state index in [1.54, 1.807) is 16.8 Å². The number of carbonyl (C=O) groups is 1. The zero-order valence-electron chi connectivity index (χ0n) is 15.4. The molecule has 0 spiro atoms. The molecule has 2 fully saturated rings. The van der Waals surface area contributed by atoms with Crippen LogP contribution < -0.4 is 5.32 Å². The number of rotatable bonds is 4. The minimum absolute atomic E-state index is 0.0121. The molecular formula is C18H20F5N5O. The minimum Gasteiger partial charge on any atom is -0.324 e. The van der Waals surface area contributed by atoms with Crippen molar-refractivity contribution in [2.24, 2.45) is 5.92 Å². The highest BCUT2D eigenvalue weighted by Gasteiger charge is 2.46. The summed E-state index contributed by atoms with van der Waals surface area (Å²) in [4.78, 5) is 17.3. The van der Waals surface area contributed by atoms with Gasteiger partial charge >= 0.3 is 12.2 Å². The van der Waals surface area contributed by atoms with Gasteiger partial charge in [-0.1, -0.05) is 0 Å². The van der Waals surface area contributed by atoms with Crippen LogP contribution in [0.3, 0.4) is 0 Å². The summed E-state index contributed by atoms with van der Waals surface area (Å²) in [6, 6.07) is -0.988. The number of aromatic nitrogens is 3. The van der Waals surface area contributed by atoms with Crippen LogP contribution in [0.25, 0.3) is 5.65 Å². The number of hydrogen-bond donors (Lipinski definition) is 1. The van der Waals surface area contributed by atoms with Crippen molar-refractivity contribution in [3.63, 3.8) is 0 Å². The van der Waals surface area contributed by atoms with Crippen molar-refractivity contribution >= 4 is 11.7 Å². The standard InChI is InChI=1S/C18H20F5N5O/c19-17(20)3-1-11(2-4-17)5-13-9-28-15(25-13)6-12(7-24-28)8-27-10-14(18(21,22)23)26-16(27)29/h6-7,9,11,14H,1-5,8,10H2,(H,26,29)/t14-/m0/s1. The van der Waals surface area contributed by atoms with E-state index in [4.69, 9.17) is 0 Å². The molecule has 2 aromatic heterocycles. The first kappa shape index (κ1) is 19.8. The molecule has 1 N–H and O–H groups in total. The van der Waals surface area contributed by atoms with Gasteiger partial charge in [-0.2, -0.15) is 18.3 Å². The Balaban J connectivity index is 1.42. The Hall–Kier alpha value is -2.46. The highest BCUT2D eigenvalue weighted by molar-refractivity contribution is 5.77. The van der Waals surface area contributed by atoms with Crippen LogP contribution in [0.2, 0.25) is 0 Å². The minimum atomic E-state index is -4.49. The number of nitrogens with one attached hydrogen (secondary N) is 1. The Kier molecular flexibility index (Phi) is 4.86. The van der Waals surface area contributed by atoms with Gasteiger partial charge in [-0.15, -0.1) is 0 Å². The highest BCUT2D eigenvalue weighted by Crippen LogP contribution is 2.37. The Morgan fingerprint density at radius 3 is 2.62 bits per heavy atom. The second-order valence-corrected chi connectivity index (χ2v) is 7.83. The van der Waals surface area contributed by atoms with E-state index in [1.807, 2.05) is 5.32 Å². The lowest BCUT2D eigenvalue weighted by Gasteiger charge is -2.27. The van der Waals surface area contributed by atoms with Gasteiger partial charge in [-0.25, -0.2) is 23.1 Å². The third kappa shape index (κ3) is 4.43. The molecule has 1 saturated carbocycles. The zero-order chi connectivity index (χ0) is 20.8. The number of nitrogens with zero attached hydrogens (tertiary/aromatic N) is 4. The van der Waals surface area contributed by atoms with E-state index in [0.29, 0.717) is 30.5 Å². The number of alkyl halides is 5. The predicted molar refractivity (Wildman–Crippen MR) is 92.4 cm³/mol. The molecule has 1 aliphatic heterocycles. The lowest BCUT2D eigenvalue weighted by atomic mass is 9.84. The van der Waals surface area contributed by atoms with E-state index in [1.165, 1.54) is 6.20 Å². The van der Waals surface area contributed by atoms with Gasteiger partial charge in [0, 0.05) is 19.4 Å². The molecule has 11 heteroatoms. The van der Waals surface area contributed by atoms with E-state index in [2.05, 4.69) is 10.1 Å². The van der Waals surface area contributed by atoms with Crippen LogP contribution in [-0.4, -0.2) is 50.2 Å². The quantitative estimate of drug-likeness (QED) is 0.774. The second kappa shape index (κ2) is 7.10. The van der Waals surface area contributed by atoms with E-state index >= 15 is 0 Å². The Bertz CT molecular complexity index is 902. The molecule has 0 unspecified atom stereocenters. The third-order valence-corrected chi connectivity index (χ3v) is 5.52. The fourth-order valence-corrected chi connectivity index (χ4v) is 3.88. The van der Waals surface area contributed by atoms with Crippen molar-refractivity contribution in [2.75, 3.05) is 6.54 Å². The molecule has 0 bridgehead atoms. The monoisotopic (exact) mass is 417 g/mol. The smallest absolute Gasteiger partial charge is 0.324 e. The average molecular weight is 417 g/mol. The lowest BCUT2D eigenvalue weighted by Crippen LogP contribution is -2.40. The third-order valence-electron chi connectivity index (χ3n) is 5.52. The topological polar surface area (TPSA) is 62.5 Å². The molecule has 0 radical (unpaired) electrons. The van der Waals surface area contributed by atoms with Gasteiger partial charge in [0.1, 0.15) is 6.04 Å². The van der Waals surface area contributed by atoms with Crippen molar-refractivity contribution in [3.8, 4) is 0 Å². The highest BCUT2D eigenvalue weighted by atomic mass is 19.4. The molecule has 1 aliphatic carbocycles. The lowest BCUT2D eigenvalue weighted by molar-refractivity contribution is -0.149. The molecule has 6 nitrogen and oxygen atoms in total.